The molecule has 0 saturated carbocycles. The fourth-order valence-electron chi connectivity index (χ4n) is 1.65. The molecule has 0 bridgehead atoms. The minimum atomic E-state index is -4.61. The van der Waals surface area contributed by atoms with Crippen LogP contribution in [-0.2, 0) is 20.5 Å². The van der Waals surface area contributed by atoms with Gasteiger partial charge in [0.2, 0.25) is 5.91 Å². The zero-order chi connectivity index (χ0) is 17.8. The third-order valence-corrected chi connectivity index (χ3v) is 4.40. The first-order valence-corrected chi connectivity index (χ1v) is 7.79. The van der Waals surface area contributed by atoms with Gasteiger partial charge in [-0.3, -0.25) is 9.59 Å². The molecule has 0 saturated heterocycles. The molecule has 1 rings (SSSR count). The number of thioether (sulfide) groups is 1. The largest absolute Gasteiger partial charge is 0.468 e. The van der Waals surface area contributed by atoms with Gasteiger partial charge in [-0.25, -0.2) is 0 Å². The second-order valence-electron chi connectivity index (χ2n) is 4.63. The van der Waals surface area contributed by atoms with Crippen LogP contribution in [0.3, 0.4) is 0 Å². The van der Waals surface area contributed by atoms with Crippen molar-refractivity contribution in [2.75, 3.05) is 12.4 Å². The number of nitrogens with one attached hydrogen (secondary N) is 1. The molecule has 128 valence electrons. The van der Waals surface area contributed by atoms with Crippen LogP contribution in [0.5, 0.6) is 0 Å². The lowest BCUT2D eigenvalue weighted by Gasteiger charge is -2.16. The highest BCUT2D eigenvalue weighted by Crippen LogP contribution is 2.36. The summed E-state index contributed by atoms with van der Waals surface area (Å²) < 4.78 is 42.9. The number of hydrogen-bond donors (Lipinski definition) is 1. The van der Waals surface area contributed by atoms with Crippen molar-refractivity contribution in [2.24, 2.45) is 0 Å². The number of rotatable bonds is 5. The van der Waals surface area contributed by atoms with Gasteiger partial charge in [0, 0.05) is 5.69 Å². The van der Waals surface area contributed by atoms with E-state index in [1.165, 1.54) is 13.2 Å². The molecule has 2 atom stereocenters. The van der Waals surface area contributed by atoms with Gasteiger partial charge in [0.1, 0.15) is 5.25 Å². The van der Waals surface area contributed by atoms with Crippen LogP contribution in [0.15, 0.2) is 18.2 Å². The predicted molar refractivity (Wildman–Crippen MR) is 83.6 cm³/mol. The van der Waals surface area contributed by atoms with Crippen LogP contribution < -0.4 is 5.32 Å². The van der Waals surface area contributed by atoms with Gasteiger partial charge in [-0.15, -0.1) is 11.8 Å². The number of halogens is 4. The SMILES string of the molecule is COC(=O)C(C)SC(C)C(=O)Nc1ccc(Cl)c(C(F)(F)F)c1. The van der Waals surface area contributed by atoms with E-state index in [2.05, 4.69) is 10.1 Å². The molecule has 2 unspecified atom stereocenters. The van der Waals surface area contributed by atoms with E-state index in [1.54, 1.807) is 13.8 Å². The highest BCUT2D eigenvalue weighted by atomic mass is 35.5. The lowest BCUT2D eigenvalue weighted by molar-refractivity contribution is -0.139. The highest BCUT2D eigenvalue weighted by Gasteiger charge is 2.33. The van der Waals surface area contributed by atoms with E-state index in [-0.39, 0.29) is 5.69 Å². The molecule has 0 spiro atoms. The van der Waals surface area contributed by atoms with Gasteiger partial charge >= 0.3 is 12.1 Å². The van der Waals surface area contributed by atoms with Gasteiger partial charge in [-0.05, 0) is 32.0 Å². The number of carbonyl (C=O) groups is 2. The maximum absolute atomic E-state index is 12.8. The Balaban J connectivity index is 2.80. The number of alkyl halides is 3. The summed E-state index contributed by atoms with van der Waals surface area (Å²) >= 11 is 6.55. The van der Waals surface area contributed by atoms with Crippen molar-refractivity contribution in [1.82, 2.24) is 0 Å². The lowest BCUT2D eigenvalue weighted by atomic mass is 10.2. The molecule has 1 N–H and O–H groups in total. The van der Waals surface area contributed by atoms with Crippen molar-refractivity contribution < 1.29 is 27.5 Å². The normalized spacial score (nSPS) is 14.0. The summed E-state index contributed by atoms with van der Waals surface area (Å²) in [6.45, 7) is 3.12. The smallest absolute Gasteiger partial charge is 0.417 e. The maximum Gasteiger partial charge on any atom is 0.417 e. The number of carbonyl (C=O) groups excluding carboxylic acids is 2. The van der Waals surface area contributed by atoms with Gasteiger partial charge in [0.15, 0.2) is 0 Å². The Kier molecular flexibility index (Phi) is 6.76. The minimum Gasteiger partial charge on any atom is -0.468 e. The third kappa shape index (κ3) is 5.62. The van der Waals surface area contributed by atoms with E-state index >= 15 is 0 Å². The molecule has 0 fully saturated rings. The minimum absolute atomic E-state index is 0.0232. The second-order valence-corrected chi connectivity index (χ2v) is 6.72. The summed E-state index contributed by atoms with van der Waals surface area (Å²) in [6.07, 6.45) is -4.61. The van der Waals surface area contributed by atoms with Crippen LogP contribution in [0.4, 0.5) is 18.9 Å². The van der Waals surface area contributed by atoms with Crippen molar-refractivity contribution in [1.29, 1.82) is 0 Å². The predicted octanol–water partition coefficient (Wildman–Crippen LogP) is 3.98. The Hall–Kier alpha value is -1.41. The van der Waals surface area contributed by atoms with Crippen LogP contribution in [-0.4, -0.2) is 29.5 Å². The molecule has 0 heterocycles. The lowest BCUT2D eigenvalue weighted by Crippen LogP contribution is -2.27. The summed E-state index contributed by atoms with van der Waals surface area (Å²) in [5, 5.41) is 0.695. The van der Waals surface area contributed by atoms with E-state index in [0.29, 0.717) is 0 Å². The summed E-state index contributed by atoms with van der Waals surface area (Å²) in [4.78, 5) is 23.3. The number of esters is 1. The molecule has 0 aliphatic heterocycles. The number of hydrogen-bond acceptors (Lipinski definition) is 4. The molecular formula is C14H15ClF3NO3S. The number of ether oxygens (including phenoxy) is 1. The Morgan fingerprint density at radius 3 is 2.39 bits per heavy atom. The molecule has 4 nitrogen and oxygen atoms in total. The Labute approximate surface area is 140 Å². The van der Waals surface area contributed by atoms with Crippen LogP contribution >= 0.6 is 23.4 Å². The molecular weight excluding hydrogens is 355 g/mol. The van der Waals surface area contributed by atoms with Gasteiger partial charge < -0.3 is 10.1 Å². The molecule has 9 heteroatoms. The van der Waals surface area contributed by atoms with E-state index in [9.17, 15) is 22.8 Å². The Morgan fingerprint density at radius 1 is 1.26 bits per heavy atom. The Bertz CT molecular complexity index is 595. The first kappa shape index (κ1) is 19.6. The van der Waals surface area contributed by atoms with Gasteiger partial charge in [0.05, 0.1) is 22.9 Å². The summed E-state index contributed by atoms with van der Waals surface area (Å²) in [6, 6.07) is 3.10. The van der Waals surface area contributed by atoms with Crippen molar-refractivity contribution in [2.45, 2.75) is 30.5 Å². The topological polar surface area (TPSA) is 55.4 Å². The fraction of sp³-hybridized carbons (Fsp3) is 0.429. The average Bonchev–Trinajstić information content (AvgIpc) is 2.46. The van der Waals surface area contributed by atoms with Gasteiger partial charge in [-0.1, -0.05) is 11.6 Å². The zero-order valence-corrected chi connectivity index (χ0v) is 14.1. The molecule has 1 aromatic carbocycles. The monoisotopic (exact) mass is 369 g/mol. The van der Waals surface area contributed by atoms with E-state index in [0.717, 1.165) is 23.9 Å². The average molecular weight is 370 g/mol. The van der Waals surface area contributed by atoms with Crippen molar-refractivity contribution in [3.05, 3.63) is 28.8 Å². The summed E-state index contributed by atoms with van der Waals surface area (Å²) in [5.74, 6) is -1.01. The number of amides is 1. The number of methoxy groups -OCH3 is 1. The first-order valence-electron chi connectivity index (χ1n) is 6.47. The molecule has 23 heavy (non-hydrogen) atoms. The number of anilines is 1. The van der Waals surface area contributed by atoms with E-state index in [1.807, 2.05) is 0 Å². The fourth-order valence-corrected chi connectivity index (χ4v) is 2.88. The standard InChI is InChI=1S/C14H15ClF3NO3S/c1-7(23-8(2)13(21)22-3)12(20)19-9-4-5-11(15)10(6-9)14(16,17)18/h4-8H,1-3H3,(H,19,20). The quantitative estimate of drug-likeness (QED) is 0.798. The number of benzene rings is 1. The molecule has 0 aliphatic rings. The van der Waals surface area contributed by atoms with Crippen LogP contribution in [0.25, 0.3) is 0 Å². The third-order valence-electron chi connectivity index (χ3n) is 2.85. The van der Waals surface area contributed by atoms with Crippen molar-refractivity contribution in [3.8, 4) is 0 Å². The van der Waals surface area contributed by atoms with Crippen LogP contribution in [0.2, 0.25) is 5.02 Å². The summed E-state index contributed by atoms with van der Waals surface area (Å²) in [7, 11) is 1.23. The van der Waals surface area contributed by atoms with Gasteiger partial charge in [0.25, 0.3) is 0 Å². The zero-order valence-electron chi connectivity index (χ0n) is 12.5. The highest BCUT2D eigenvalue weighted by molar-refractivity contribution is 8.01. The molecule has 0 radical (unpaired) electrons. The van der Waals surface area contributed by atoms with E-state index in [4.69, 9.17) is 11.6 Å². The molecule has 0 aromatic heterocycles. The summed E-state index contributed by atoms with van der Waals surface area (Å²) in [5.41, 5.74) is -1.05. The van der Waals surface area contributed by atoms with Crippen LogP contribution in [0, 0.1) is 0 Å². The molecule has 1 aromatic rings. The van der Waals surface area contributed by atoms with Crippen molar-refractivity contribution in [3.63, 3.8) is 0 Å². The molecule has 1 amide bonds. The van der Waals surface area contributed by atoms with Gasteiger partial charge in [-0.2, -0.15) is 13.2 Å². The first-order chi connectivity index (χ1) is 10.6. The maximum atomic E-state index is 12.8. The van der Waals surface area contributed by atoms with Crippen LogP contribution in [0.1, 0.15) is 19.4 Å². The van der Waals surface area contributed by atoms with E-state index < -0.39 is 39.1 Å². The second kappa shape index (κ2) is 7.92. The van der Waals surface area contributed by atoms with Crippen molar-refractivity contribution >= 4 is 40.9 Å². The molecule has 0 aliphatic carbocycles. The Morgan fingerprint density at radius 2 is 1.87 bits per heavy atom.